The smallest absolute Gasteiger partial charge is 0.220 e. The van der Waals surface area contributed by atoms with Gasteiger partial charge in [0, 0.05) is 11.3 Å². The molecule has 0 aliphatic carbocycles. The van der Waals surface area contributed by atoms with Gasteiger partial charge in [0.05, 0.1) is 6.54 Å². The van der Waals surface area contributed by atoms with Gasteiger partial charge in [-0.05, 0) is 43.3 Å². The van der Waals surface area contributed by atoms with E-state index in [4.69, 9.17) is 0 Å². The molecule has 2 heterocycles. The van der Waals surface area contributed by atoms with Crippen LogP contribution in [0.2, 0.25) is 0 Å². The van der Waals surface area contributed by atoms with E-state index in [1.54, 1.807) is 11.3 Å². The molecule has 1 amide bonds. The van der Waals surface area contributed by atoms with Crippen molar-refractivity contribution in [2.45, 2.75) is 25.8 Å². The fourth-order valence-electron chi connectivity index (χ4n) is 2.02. The van der Waals surface area contributed by atoms with Crippen molar-refractivity contribution in [1.82, 2.24) is 10.6 Å². The van der Waals surface area contributed by atoms with E-state index in [0.717, 1.165) is 25.9 Å². The van der Waals surface area contributed by atoms with E-state index in [1.807, 2.05) is 11.4 Å². The zero-order chi connectivity index (χ0) is 11.2. The van der Waals surface area contributed by atoms with Crippen molar-refractivity contribution < 1.29 is 4.79 Å². The number of nitrogens with one attached hydrogen (secondary N) is 2. The number of carbonyl (C=O) groups excluding carboxylic acids is 1. The van der Waals surface area contributed by atoms with E-state index in [2.05, 4.69) is 16.7 Å². The van der Waals surface area contributed by atoms with E-state index in [1.165, 1.54) is 4.88 Å². The van der Waals surface area contributed by atoms with Crippen molar-refractivity contribution in [3.8, 4) is 0 Å². The third-order valence-electron chi connectivity index (χ3n) is 2.97. The maximum Gasteiger partial charge on any atom is 0.220 e. The van der Waals surface area contributed by atoms with Crippen LogP contribution in [0.15, 0.2) is 17.5 Å². The van der Waals surface area contributed by atoms with Crippen LogP contribution in [0.5, 0.6) is 0 Å². The third kappa shape index (κ3) is 3.61. The molecule has 88 valence electrons. The SMILES string of the molecule is O=C(CC1CCNCC1)NCc1cccs1. The Balaban J connectivity index is 1.67. The summed E-state index contributed by atoms with van der Waals surface area (Å²) in [5, 5.41) is 8.33. The van der Waals surface area contributed by atoms with Gasteiger partial charge >= 0.3 is 0 Å². The number of piperidine rings is 1. The molecule has 0 radical (unpaired) electrons. The maximum atomic E-state index is 11.7. The normalized spacial score (nSPS) is 17.2. The van der Waals surface area contributed by atoms with E-state index in [0.29, 0.717) is 18.9 Å². The Morgan fingerprint density at radius 2 is 2.31 bits per heavy atom. The molecule has 1 aliphatic rings. The van der Waals surface area contributed by atoms with Crippen molar-refractivity contribution in [1.29, 1.82) is 0 Å². The molecule has 1 saturated heterocycles. The van der Waals surface area contributed by atoms with Gasteiger partial charge in [-0.1, -0.05) is 6.07 Å². The van der Waals surface area contributed by atoms with Gasteiger partial charge < -0.3 is 10.6 Å². The van der Waals surface area contributed by atoms with Crippen LogP contribution in [0.25, 0.3) is 0 Å². The zero-order valence-electron chi connectivity index (χ0n) is 9.37. The van der Waals surface area contributed by atoms with Crippen LogP contribution in [-0.2, 0) is 11.3 Å². The fraction of sp³-hybridized carbons (Fsp3) is 0.583. The van der Waals surface area contributed by atoms with Crippen molar-refractivity contribution in [2.75, 3.05) is 13.1 Å². The molecule has 0 unspecified atom stereocenters. The average molecular weight is 238 g/mol. The van der Waals surface area contributed by atoms with Gasteiger partial charge in [0.2, 0.25) is 5.91 Å². The second-order valence-corrected chi connectivity index (χ2v) is 5.29. The number of rotatable bonds is 4. The summed E-state index contributed by atoms with van der Waals surface area (Å²) in [7, 11) is 0. The van der Waals surface area contributed by atoms with E-state index in [-0.39, 0.29) is 5.91 Å². The van der Waals surface area contributed by atoms with Crippen LogP contribution in [0.1, 0.15) is 24.1 Å². The predicted octanol–water partition coefficient (Wildman–Crippen LogP) is 1.75. The third-order valence-corrected chi connectivity index (χ3v) is 3.85. The van der Waals surface area contributed by atoms with E-state index < -0.39 is 0 Å². The lowest BCUT2D eigenvalue weighted by atomic mass is 9.94. The highest BCUT2D eigenvalue weighted by Crippen LogP contribution is 2.15. The standard InChI is InChI=1S/C12H18N2OS/c15-12(8-10-3-5-13-6-4-10)14-9-11-2-1-7-16-11/h1-2,7,10,13H,3-6,8-9H2,(H,14,15). The quantitative estimate of drug-likeness (QED) is 0.839. The molecule has 0 atom stereocenters. The maximum absolute atomic E-state index is 11.7. The minimum Gasteiger partial charge on any atom is -0.351 e. The van der Waals surface area contributed by atoms with E-state index in [9.17, 15) is 4.79 Å². The molecule has 0 bridgehead atoms. The van der Waals surface area contributed by atoms with Gasteiger partial charge in [0.25, 0.3) is 0 Å². The van der Waals surface area contributed by atoms with Gasteiger partial charge in [-0.15, -0.1) is 11.3 Å². The van der Waals surface area contributed by atoms with Gasteiger partial charge in [-0.25, -0.2) is 0 Å². The summed E-state index contributed by atoms with van der Waals surface area (Å²) < 4.78 is 0. The Morgan fingerprint density at radius 3 is 3.00 bits per heavy atom. The molecule has 4 heteroatoms. The zero-order valence-corrected chi connectivity index (χ0v) is 10.2. The second kappa shape index (κ2) is 6.01. The van der Waals surface area contributed by atoms with Crippen molar-refractivity contribution in [2.24, 2.45) is 5.92 Å². The minimum absolute atomic E-state index is 0.195. The summed E-state index contributed by atoms with van der Waals surface area (Å²) in [5.74, 6) is 0.768. The number of hydrogen-bond donors (Lipinski definition) is 2. The molecule has 2 rings (SSSR count). The van der Waals surface area contributed by atoms with Crippen LogP contribution in [0, 0.1) is 5.92 Å². The Labute approximate surface area is 100 Å². The molecule has 1 aromatic heterocycles. The molecule has 16 heavy (non-hydrogen) atoms. The van der Waals surface area contributed by atoms with Gasteiger partial charge in [-0.2, -0.15) is 0 Å². The molecular formula is C12H18N2OS. The summed E-state index contributed by atoms with van der Waals surface area (Å²) in [6.45, 7) is 2.80. The molecule has 1 aromatic rings. The van der Waals surface area contributed by atoms with Crippen molar-refractivity contribution in [3.05, 3.63) is 22.4 Å². The van der Waals surface area contributed by atoms with Gasteiger partial charge in [0.15, 0.2) is 0 Å². The largest absolute Gasteiger partial charge is 0.351 e. The van der Waals surface area contributed by atoms with Crippen LogP contribution in [-0.4, -0.2) is 19.0 Å². The first-order valence-electron chi connectivity index (χ1n) is 5.84. The van der Waals surface area contributed by atoms with Crippen LogP contribution in [0.4, 0.5) is 0 Å². The summed E-state index contributed by atoms with van der Waals surface area (Å²) in [5.41, 5.74) is 0. The molecule has 1 aliphatic heterocycles. The summed E-state index contributed by atoms with van der Waals surface area (Å²) in [4.78, 5) is 12.9. The first-order chi connectivity index (χ1) is 7.84. The topological polar surface area (TPSA) is 41.1 Å². The lowest BCUT2D eigenvalue weighted by Gasteiger charge is -2.21. The number of thiophene rings is 1. The first-order valence-corrected chi connectivity index (χ1v) is 6.72. The first kappa shape index (κ1) is 11.6. The van der Waals surface area contributed by atoms with Crippen LogP contribution in [0.3, 0.4) is 0 Å². The van der Waals surface area contributed by atoms with Crippen LogP contribution >= 0.6 is 11.3 Å². The molecular weight excluding hydrogens is 220 g/mol. The highest BCUT2D eigenvalue weighted by molar-refractivity contribution is 7.09. The Bertz CT molecular complexity index is 318. The van der Waals surface area contributed by atoms with Crippen LogP contribution < -0.4 is 10.6 Å². The lowest BCUT2D eigenvalue weighted by Crippen LogP contribution is -2.32. The molecule has 0 aromatic carbocycles. The summed E-state index contributed by atoms with van der Waals surface area (Å²) >= 11 is 1.69. The molecule has 2 N–H and O–H groups in total. The fourth-order valence-corrected chi connectivity index (χ4v) is 2.66. The highest BCUT2D eigenvalue weighted by atomic mass is 32.1. The Morgan fingerprint density at radius 1 is 1.50 bits per heavy atom. The lowest BCUT2D eigenvalue weighted by molar-refractivity contribution is -0.122. The highest BCUT2D eigenvalue weighted by Gasteiger charge is 2.16. The van der Waals surface area contributed by atoms with Crippen molar-refractivity contribution in [3.63, 3.8) is 0 Å². The summed E-state index contributed by atoms with van der Waals surface area (Å²) in [6, 6.07) is 4.06. The second-order valence-electron chi connectivity index (χ2n) is 4.25. The number of carbonyl (C=O) groups is 1. The van der Waals surface area contributed by atoms with Gasteiger partial charge in [0.1, 0.15) is 0 Å². The minimum atomic E-state index is 0.195. The molecule has 0 saturated carbocycles. The Kier molecular flexibility index (Phi) is 4.36. The summed E-state index contributed by atoms with van der Waals surface area (Å²) in [6.07, 6.45) is 2.95. The van der Waals surface area contributed by atoms with E-state index >= 15 is 0 Å². The Hall–Kier alpha value is -0.870. The molecule has 3 nitrogen and oxygen atoms in total. The monoisotopic (exact) mass is 238 g/mol. The molecule has 1 fully saturated rings. The number of hydrogen-bond acceptors (Lipinski definition) is 3. The average Bonchev–Trinajstić information content (AvgIpc) is 2.81. The van der Waals surface area contributed by atoms with Gasteiger partial charge in [-0.3, -0.25) is 4.79 Å². The molecule has 0 spiro atoms. The van der Waals surface area contributed by atoms with Crippen molar-refractivity contribution >= 4 is 17.2 Å². The number of amides is 1. The predicted molar refractivity (Wildman–Crippen MR) is 66.4 cm³/mol.